The van der Waals surface area contributed by atoms with Gasteiger partial charge in [-0.05, 0) is 12.5 Å². The Morgan fingerprint density at radius 2 is 2.14 bits per heavy atom. The normalized spacial score (nSPS) is 20.9. The van der Waals surface area contributed by atoms with Crippen LogP contribution in [0.25, 0.3) is 11.0 Å². The van der Waals surface area contributed by atoms with E-state index in [2.05, 4.69) is 5.32 Å². The number of sulfone groups is 1. The summed E-state index contributed by atoms with van der Waals surface area (Å²) in [6.07, 6.45) is 0.556. The Hall–Kier alpha value is -1.86. The molecule has 0 saturated carbocycles. The van der Waals surface area contributed by atoms with Gasteiger partial charge in [0.1, 0.15) is 5.58 Å². The Morgan fingerprint density at radius 1 is 1.38 bits per heavy atom. The Morgan fingerprint density at radius 3 is 2.81 bits per heavy atom. The van der Waals surface area contributed by atoms with E-state index >= 15 is 0 Å². The number of nitrogens with one attached hydrogen (secondary N) is 1. The van der Waals surface area contributed by atoms with Gasteiger partial charge in [0.2, 0.25) is 5.76 Å². The summed E-state index contributed by atoms with van der Waals surface area (Å²) in [7, 11) is -2.96. The van der Waals surface area contributed by atoms with Crippen LogP contribution in [-0.4, -0.2) is 37.0 Å². The van der Waals surface area contributed by atoms with Crippen LogP contribution >= 0.6 is 0 Å². The number of carbonyl (C=O) groups is 1. The molecule has 1 fully saturated rings. The number of para-hydroxylation sites is 1. The summed E-state index contributed by atoms with van der Waals surface area (Å²) in [5.74, 6) is -0.931. The molecule has 1 aromatic carbocycles. The summed E-state index contributed by atoms with van der Waals surface area (Å²) in [5, 5.41) is 13.1. The zero-order chi connectivity index (χ0) is 15.0. The molecule has 1 unspecified atom stereocenters. The first-order chi connectivity index (χ1) is 9.96. The number of carboxylic acids is 1. The SMILES string of the molecule is O=C(O)c1oc2ccccc2c1CNC1CCS(=O)(=O)C1. The van der Waals surface area contributed by atoms with Crippen molar-refractivity contribution >= 4 is 26.8 Å². The minimum atomic E-state index is -2.96. The molecule has 2 N–H and O–H groups in total. The lowest BCUT2D eigenvalue weighted by atomic mass is 10.1. The number of aromatic carboxylic acids is 1. The van der Waals surface area contributed by atoms with E-state index in [0.717, 1.165) is 5.39 Å². The maximum absolute atomic E-state index is 11.4. The third-order valence-electron chi connectivity index (χ3n) is 3.69. The van der Waals surface area contributed by atoms with Crippen molar-refractivity contribution in [2.45, 2.75) is 19.0 Å². The van der Waals surface area contributed by atoms with Crippen LogP contribution in [-0.2, 0) is 16.4 Å². The maximum atomic E-state index is 11.4. The molecule has 1 aliphatic heterocycles. The summed E-state index contributed by atoms with van der Waals surface area (Å²) in [4.78, 5) is 11.3. The topological polar surface area (TPSA) is 96.6 Å². The third-order valence-corrected chi connectivity index (χ3v) is 5.46. The fourth-order valence-electron chi connectivity index (χ4n) is 2.65. The van der Waals surface area contributed by atoms with Crippen LogP contribution in [0.1, 0.15) is 22.5 Å². The average Bonchev–Trinajstić information content (AvgIpc) is 2.96. The first-order valence-electron chi connectivity index (χ1n) is 6.64. The second kappa shape index (κ2) is 5.16. The van der Waals surface area contributed by atoms with Crippen molar-refractivity contribution in [1.82, 2.24) is 5.32 Å². The largest absolute Gasteiger partial charge is 0.475 e. The molecule has 0 bridgehead atoms. The molecule has 7 heteroatoms. The highest BCUT2D eigenvalue weighted by Gasteiger charge is 2.28. The number of benzene rings is 1. The van der Waals surface area contributed by atoms with Gasteiger partial charge in [0.25, 0.3) is 0 Å². The number of furan rings is 1. The highest BCUT2D eigenvalue weighted by molar-refractivity contribution is 7.91. The smallest absolute Gasteiger partial charge is 0.372 e. The van der Waals surface area contributed by atoms with E-state index in [9.17, 15) is 18.3 Å². The first kappa shape index (κ1) is 14.1. The number of fused-ring (bicyclic) bond motifs is 1. The zero-order valence-corrected chi connectivity index (χ0v) is 12.0. The van der Waals surface area contributed by atoms with Crippen molar-refractivity contribution in [3.8, 4) is 0 Å². The first-order valence-corrected chi connectivity index (χ1v) is 8.46. The number of carboxylic acid groups (broad SMARTS) is 1. The maximum Gasteiger partial charge on any atom is 0.372 e. The lowest BCUT2D eigenvalue weighted by Crippen LogP contribution is -2.29. The van der Waals surface area contributed by atoms with Crippen LogP contribution in [0.5, 0.6) is 0 Å². The van der Waals surface area contributed by atoms with Gasteiger partial charge in [-0.15, -0.1) is 0 Å². The number of hydrogen-bond acceptors (Lipinski definition) is 5. The van der Waals surface area contributed by atoms with E-state index in [1.165, 1.54) is 0 Å². The fraction of sp³-hybridized carbons (Fsp3) is 0.357. The van der Waals surface area contributed by atoms with Crippen LogP contribution in [0.4, 0.5) is 0 Å². The molecule has 1 aromatic heterocycles. The number of rotatable bonds is 4. The van der Waals surface area contributed by atoms with Crippen molar-refractivity contribution in [2.24, 2.45) is 0 Å². The van der Waals surface area contributed by atoms with E-state index in [-0.39, 0.29) is 29.9 Å². The molecule has 0 aliphatic carbocycles. The van der Waals surface area contributed by atoms with Gasteiger partial charge in [0.05, 0.1) is 11.5 Å². The van der Waals surface area contributed by atoms with E-state index in [4.69, 9.17) is 4.42 Å². The van der Waals surface area contributed by atoms with Gasteiger partial charge < -0.3 is 14.8 Å². The standard InChI is InChI=1S/C14H15NO5S/c16-14(17)13-11(10-3-1-2-4-12(10)20-13)7-15-9-5-6-21(18,19)8-9/h1-4,9,15H,5-8H2,(H,16,17). The van der Waals surface area contributed by atoms with Gasteiger partial charge in [-0.3, -0.25) is 0 Å². The van der Waals surface area contributed by atoms with Crippen LogP contribution in [0.2, 0.25) is 0 Å². The number of hydrogen-bond donors (Lipinski definition) is 2. The molecule has 1 atom stereocenters. The molecule has 1 aliphatic rings. The lowest BCUT2D eigenvalue weighted by Gasteiger charge is -2.10. The average molecular weight is 309 g/mol. The second-order valence-electron chi connectivity index (χ2n) is 5.19. The molecular formula is C14H15NO5S. The summed E-state index contributed by atoms with van der Waals surface area (Å²) in [6.45, 7) is 0.277. The molecule has 3 rings (SSSR count). The molecule has 21 heavy (non-hydrogen) atoms. The second-order valence-corrected chi connectivity index (χ2v) is 7.42. The molecule has 2 aromatic rings. The lowest BCUT2D eigenvalue weighted by molar-refractivity contribution is 0.0663. The van der Waals surface area contributed by atoms with E-state index in [1.54, 1.807) is 18.2 Å². The Bertz CT molecular complexity index is 793. The van der Waals surface area contributed by atoms with Crippen LogP contribution < -0.4 is 5.32 Å². The van der Waals surface area contributed by atoms with Gasteiger partial charge in [0, 0.05) is 23.5 Å². The van der Waals surface area contributed by atoms with Crippen LogP contribution in [0, 0.1) is 0 Å². The van der Waals surface area contributed by atoms with E-state index < -0.39 is 15.8 Å². The molecule has 0 radical (unpaired) electrons. The van der Waals surface area contributed by atoms with E-state index in [1.807, 2.05) is 6.07 Å². The minimum Gasteiger partial charge on any atom is -0.475 e. The van der Waals surface area contributed by atoms with Gasteiger partial charge in [-0.2, -0.15) is 0 Å². The third kappa shape index (κ3) is 2.79. The predicted octanol–water partition coefficient (Wildman–Crippen LogP) is 1.41. The van der Waals surface area contributed by atoms with Gasteiger partial charge in [-0.25, -0.2) is 13.2 Å². The van der Waals surface area contributed by atoms with Crippen molar-refractivity contribution in [1.29, 1.82) is 0 Å². The summed E-state index contributed by atoms with van der Waals surface area (Å²) in [6, 6.07) is 6.97. The van der Waals surface area contributed by atoms with Gasteiger partial charge in [0.15, 0.2) is 9.84 Å². The highest BCUT2D eigenvalue weighted by atomic mass is 32.2. The fourth-order valence-corrected chi connectivity index (χ4v) is 4.36. The molecule has 0 amide bonds. The van der Waals surface area contributed by atoms with Crippen molar-refractivity contribution in [2.75, 3.05) is 11.5 Å². The Labute approximate surface area is 121 Å². The molecule has 0 spiro atoms. The van der Waals surface area contributed by atoms with Gasteiger partial charge in [-0.1, -0.05) is 18.2 Å². The van der Waals surface area contributed by atoms with Crippen LogP contribution in [0.15, 0.2) is 28.7 Å². The Balaban J connectivity index is 1.86. The highest BCUT2D eigenvalue weighted by Crippen LogP contribution is 2.26. The van der Waals surface area contributed by atoms with Crippen LogP contribution in [0.3, 0.4) is 0 Å². The zero-order valence-electron chi connectivity index (χ0n) is 11.2. The molecule has 112 valence electrons. The molecule has 6 nitrogen and oxygen atoms in total. The predicted molar refractivity (Wildman–Crippen MR) is 77.1 cm³/mol. The summed E-state index contributed by atoms with van der Waals surface area (Å²) in [5.41, 5.74) is 1.08. The Kier molecular flexibility index (Phi) is 3.46. The summed E-state index contributed by atoms with van der Waals surface area (Å²) >= 11 is 0. The van der Waals surface area contributed by atoms with Gasteiger partial charge >= 0.3 is 5.97 Å². The monoisotopic (exact) mass is 309 g/mol. The van der Waals surface area contributed by atoms with E-state index in [0.29, 0.717) is 17.6 Å². The van der Waals surface area contributed by atoms with Crippen molar-refractivity contribution < 1.29 is 22.7 Å². The quantitative estimate of drug-likeness (QED) is 0.886. The molecular weight excluding hydrogens is 294 g/mol. The van der Waals surface area contributed by atoms with Crippen molar-refractivity contribution in [3.63, 3.8) is 0 Å². The minimum absolute atomic E-state index is 0.0930. The summed E-state index contributed by atoms with van der Waals surface area (Å²) < 4.78 is 28.2. The van der Waals surface area contributed by atoms with Crippen molar-refractivity contribution in [3.05, 3.63) is 35.6 Å². The molecule has 2 heterocycles. The molecule has 1 saturated heterocycles.